The van der Waals surface area contributed by atoms with Crippen LogP contribution in [0, 0.1) is 0 Å². The standard InChI is InChI=1S/C23H19N3/c1-2-19-17-10-6-11-18(14-17)23-25-24-15-26(23)22-20(12-7-13-21(19)22)16-8-4-3-5-9-16/h3-15,19H,2H2,1H3. The number of fused-ring (bicyclic) bond motifs is 6. The number of aromatic nitrogens is 3. The van der Waals surface area contributed by atoms with Gasteiger partial charge in [-0.05, 0) is 29.2 Å². The summed E-state index contributed by atoms with van der Waals surface area (Å²) in [6.45, 7) is 2.25. The molecule has 0 aliphatic carbocycles. The Morgan fingerprint density at radius 2 is 1.69 bits per heavy atom. The zero-order valence-electron chi connectivity index (χ0n) is 14.6. The van der Waals surface area contributed by atoms with Gasteiger partial charge < -0.3 is 0 Å². The van der Waals surface area contributed by atoms with Crippen molar-refractivity contribution in [3.05, 3.63) is 90.3 Å². The Labute approximate surface area is 153 Å². The average Bonchev–Trinajstić information content (AvgIpc) is 3.18. The van der Waals surface area contributed by atoms with E-state index in [4.69, 9.17) is 0 Å². The summed E-state index contributed by atoms with van der Waals surface area (Å²) in [6.07, 6.45) is 2.89. The van der Waals surface area contributed by atoms with Gasteiger partial charge in [-0.1, -0.05) is 73.7 Å². The molecule has 26 heavy (non-hydrogen) atoms. The zero-order valence-corrected chi connectivity index (χ0v) is 14.6. The lowest BCUT2D eigenvalue weighted by Crippen LogP contribution is -2.11. The number of hydrogen-bond donors (Lipinski definition) is 0. The van der Waals surface area contributed by atoms with Crippen LogP contribution in [0.3, 0.4) is 0 Å². The van der Waals surface area contributed by atoms with Crippen LogP contribution < -0.4 is 0 Å². The van der Waals surface area contributed by atoms with Gasteiger partial charge in [-0.15, -0.1) is 10.2 Å². The van der Waals surface area contributed by atoms with Gasteiger partial charge in [0, 0.05) is 17.0 Å². The van der Waals surface area contributed by atoms with E-state index in [1.54, 1.807) is 0 Å². The Hall–Kier alpha value is -3.20. The molecule has 126 valence electrons. The van der Waals surface area contributed by atoms with Crippen LogP contribution in [-0.4, -0.2) is 14.8 Å². The monoisotopic (exact) mass is 337 g/mol. The van der Waals surface area contributed by atoms with Gasteiger partial charge in [0.1, 0.15) is 6.33 Å². The van der Waals surface area contributed by atoms with Crippen molar-refractivity contribution in [2.24, 2.45) is 0 Å². The molecule has 2 heterocycles. The smallest absolute Gasteiger partial charge is 0.168 e. The van der Waals surface area contributed by atoms with E-state index in [1.165, 1.54) is 27.9 Å². The van der Waals surface area contributed by atoms with Gasteiger partial charge in [0.15, 0.2) is 5.82 Å². The summed E-state index contributed by atoms with van der Waals surface area (Å²) in [6, 6.07) is 25.9. The van der Waals surface area contributed by atoms with Crippen LogP contribution in [0.1, 0.15) is 30.4 Å². The van der Waals surface area contributed by atoms with Crippen molar-refractivity contribution in [2.45, 2.75) is 19.3 Å². The molecule has 1 atom stereocenters. The van der Waals surface area contributed by atoms with Crippen LogP contribution >= 0.6 is 0 Å². The first-order valence-corrected chi connectivity index (χ1v) is 9.06. The first-order chi connectivity index (χ1) is 12.9. The van der Waals surface area contributed by atoms with Gasteiger partial charge in [0.2, 0.25) is 0 Å². The molecule has 0 radical (unpaired) electrons. The average molecular weight is 337 g/mol. The first-order valence-electron chi connectivity index (χ1n) is 9.06. The number of hydrogen-bond acceptors (Lipinski definition) is 2. The molecule has 2 bridgehead atoms. The Bertz CT molecular complexity index is 1080. The van der Waals surface area contributed by atoms with Gasteiger partial charge in [-0.2, -0.15) is 0 Å². The molecular weight excluding hydrogens is 318 g/mol. The maximum Gasteiger partial charge on any atom is 0.168 e. The number of rotatable bonds is 2. The lowest BCUT2D eigenvalue weighted by molar-refractivity contribution is 0.765. The second-order valence-electron chi connectivity index (χ2n) is 6.72. The maximum absolute atomic E-state index is 4.43. The predicted octanol–water partition coefficient (Wildman–Crippen LogP) is 5.46. The Morgan fingerprint density at radius 3 is 2.54 bits per heavy atom. The van der Waals surface area contributed by atoms with Crippen molar-refractivity contribution in [3.8, 4) is 28.2 Å². The largest absolute Gasteiger partial charge is 0.281 e. The zero-order chi connectivity index (χ0) is 17.5. The van der Waals surface area contributed by atoms with Gasteiger partial charge in [-0.25, -0.2) is 0 Å². The Balaban J connectivity index is 1.89. The van der Waals surface area contributed by atoms with E-state index in [9.17, 15) is 0 Å². The lowest BCUT2D eigenvalue weighted by atomic mass is 9.84. The molecule has 3 nitrogen and oxygen atoms in total. The Kier molecular flexibility index (Phi) is 3.45. The molecule has 1 aliphatic heterocycles. The van der Waals surface area contributed by atoms with E-state index in [1.807, 2.05) is 6.33 Å². The quantitative estimate of drug-likeness (QED) is 0.486. The summed E-state index contributed by atoms with van der Waals surface area (Å²) in [5.41, 5.74) is 7.40. The van der Waals surface area contributed by atoms with Crippen molar-refractivity contribution in [1.82, 2.24) is 14.8 Å². The van der Waals surface area contributed by atoms with Gasteiger partial charge in [-0.3, -0.25) is 4.57 Å². The van der Waals surface area contributed by atoms with Crippen LogP contribution in [0.4, 0.5) is 0 Å². The highest BCUT2D eigenvalue weighted by molar-refractivity contribution is 5.78. The summed E-state index contributed by atoms with van der Waals surface area (Å²) < 4.78 is 2.15. The maximum atomic E-state index is 4.43. The molecule has 0 amide bonds. The molecule has 3 aromatic carbocycles. The van der Waals surface area contributed by atoms with E-state index in [0.717, 1.165) is 17.8 Å². The molecule has 3 heteroatoms. The van der Waals surface area contributed by atoms with E-state index in [2.05, 4.69) is 94.5 Å². The number of para-hydroxylation sites is 1. The minimum absolute atomic E-state index is 0.351. The summed E-state index contributed by atoms with van der Waals surface area (Å²) in [7, 11) is 0. The van der Waals surface area contributed by atoms with Gasteiger partial charge in [0.05, 0.1) is 5.69 Å². The van der Waals surface area contributed by atoms with E-state index in [0.29, 0.717) is 5.92 Å². The van der Waals surface area contributed by atoms with Crippen LogP contribution in [0.15, 0.2) is 79.1 Å². The van der Waals surface area contributed by atoms with Crippen molar-refractivity contribution in [2.75, 3.05) is 0 Å². The predicted molar refractivity (Wildman–Crippen MR) is 104 cm³/mol. The van der Waals surface area contributed by atoms with Gasteiger partial charge in [0.25, 0.3) is 0 Å². The fourth-order valence-electron chi connectivity index (χ4n) is 4.09. The summed E-state index contributed by atoms with van der Waals surface area (Å²) in [4.78, 5) is 0. The third-order valence-electron chi connectivity index (χ3n) is 5.27. The highest BCUT2D eigenvalue weighted by atomic mass is 15.3. The normalized spacial score (nSPS) is 14.9. The molecule has 0 N–H and O–H groups in total. The van der Waals surface area contributed by atoms with Crippen molar-refractivity contribution in [3.63, 3.8) is 0 Å². The van der Waals surface area contributed by atoms with Crippen molar-refractivity contribution in [1.29, 1.82) is 0 Å². The molecule has 4 aromatic rings. The van der Waals surface area contributed by atoms with E-state index in [-0.39, 0.29) is 0 Å². The molecule has 5 rings (SSSR count). The van der Waals surface area contributed by atoms with Crippen LogP contribution in [0.2, 0.25) is 0 Å². The lowest BCUT2D eigenvalue weighted by Gasteiger charge is -2.26. The van der Waals surface area contributed by atoms with E-state index >= 15 is 0 Å². The summed E-state index contributed by atoms with van der Waals surface area (Å²) >= 11 is 0. The number of nitrogens with zero attached hydrogens (tertiary/aromatic N) is 3. The fraction of sp³-hybridized carbons (Fsp3) is 0.130. The van der Waals surface area contributed by atoms with Crippen LogP contribution in [-0.2, 0) is 0 Å². The highest BCUT2D eigenvalue weighted by Gasteiger charge is 2.25. The molecule has 1 unspecified atom stereocenters. The van der Waals surface area contributed by atoms with Crippen LogP contribution in [0.5, 0.6) is 0 Å². The minimum atomic E-state index is 0.351. The summed E-state index contributed by atoms with van der Waals surface area (Å²) in [5, 5.41) is 8.67. The fourth-order valence-corrected chi connectivity index (χ4v) is 4.09. The van der Waals surface area contributed by atoms with E-state index < -0.39 is 0 Å². The molecule has 0 spiro atoms. The minimum Gasteiger partial charge on any atom is -0.281 e. The third kappa shape index (κ3) is 2.21. The second-order valence-corrected chi connectivity index (χ2v) is 6.72. The highest BCUT2D eigenvalue weighted by Crippen LogP contribution is 2.41. The summed E-state index contributed by atoms with van der Waals surface area (Å²) in [5.74, 6) is 1.25. The molecule has 0 saturated heterocycles. The molecule has 0 fully saturated rings. The molecule has 1 aliphatic rings. The van der Waals surface area contributed by atoms with Crippen molar-refractivity contribution >= 4 is 0 Å². The number of benzene rings is 3. The van der Waals surface area contributed by atoms with Crippen molar-refractivity contribution < 1.29 is 0 Å². The first kappa shape index (κ1) is 15.1. The van der Waals surface area contributed by atoms with Gasteiger partial charge >= 0.3 is 0 Å². The van der Waals surface area contributed by atoms with Crippen LogP contribution in [0.25, 0.3) is 28.2 Å². The molecule has 0 saturated carbocycles. The Morgan fingerprint density at radius 1 is 0.885 bits per heavy atom. The topological polar surface area (TPSA) is 30.7 Å². The molecular formula is C23H19N3. The molecule has 1 aromatic heterocycles. The third-order valence-corrected chi connectivity index (χ3v) is 5.27. The second kappa shape index (κ2) is 5.95. The SMILES string of the molecule is CCC1c2cccc(c2)-c2nncn2-c2c(-c3ccccc3)cccc21.